The van der Waals surface area contributed by atoms with Gasteiger partial charge in [-0.1, -0.05) is 0 Å². The zero-order valence-electron chi connectivity index (χ0n) is 16.3. The number of fused-ring (bicyclic) bond motifs is 1. The molecule has 1 saturated heterocycles. The van der Waals surface area contributed by atoms with E-state index in [1.165, 1.54) is 5.56 Å². The normalized spacial score (nSPS) is 15.8. The third-order valence-corrected chi connectivity index (χ3v) is 5.21. The highest BCUT2D eigenvalue weighted by molar-refractivity contribution is 5.91. The van der Waals surface area contributed by atoms with Crippen LogP contribution in [0.5, 0.6) is 0 Å². The van der Waals surface area contributed by atoms with Crippen LogP contribution >= 0.6 is 0 Å². The topological polar surface area (TPSA) is 88.3 Å². The first kappa shape index (κ1) is 18.5. The summed E-state index contributed by atoms with van der Waals surface area (Å²) in [7, 11) is 0. The van der Waals surface area contributed by atoms with Crippen molar-refractivity contribution in [3.63, 3.8) is 0 Å². The van der Waals surface area contributed by atoms with Crippen molar-refractivity contribution in [2.45, 2.75) is 39.2 Å². The van der Waals surface area contributed by atoms with E-state index >= 15 is 0 Å². The molecule has 0 radical (unpaired) electrons. The van der Waals surface area contributed by atoms with Crippen molar-refractivity contribution >= 4 is 11.7 Å². The average molecular weight is 379 g/mol. The molecule has 8 nitrogen and oxygen atoms in total. The number of hydrogen-bond acceptors (Lipinski definition) is 6. The molecule has 3 aromatic heterocycles. The van der Waals surface area contributed by atoms with Gasteiger partial charge in [-0.15, -0.1) is 5.10 Å². The molecule has 4 heterocycles. The molecule has 0 unspecified atom stereocenters. The van der Waals surface area contributed by atoms with E-state index < -0.39 is 0 Å². The summed E-state index contributed by atoms with van der Waals surface area (Å²) in [6.07, 6.45) is 6.57. The van der Waals surface area contributed by atoms with E-state index in [1.807, 2.05) is 32.3 Å². The second-order valence-corrected chi connectivity index (χ2v) is 7.38. The predicted molar refractivity (Wildman–Crippen MR) is 105 cm³/mol. The summed E-state index contributed by atoms with van der Waals surface area (Å²) in [5.74, 6) is 0.424. The number of rotatable bonds is 5. The Balaban J connectivity index is 1.30. The van der Waals surface area contributed by atoms with Gasteiger partial charge in [0.1, 0.15) is 0 Å². The molecule has 4 rings (SSSR count). The van der Waals surface area contributed by atoms with Crippen molar-refractivity contribution < 1.29 is 4.79 Å². The number of nitrogens with zero attached hydrogens (tertiary/aromatic N) is 6. The summed E-state index contributed by atoms with van der Waals surface area (Å²) in [4.78, 5) is 27.7. The smallest absolute Gasteiger partial charge is 0.291 e. The highest BCUT2D eigenvalue weighted by Gasteiger charge is 2.23. The average Bonchev–Trinajstić information content (AvgIpc) is 3.13. The first-order valence-electron chi connectivity index (χ1n) is 9.71. The summed E-state index contributed by atoms with van der Waals surface area (Å²) in [5.41, 5.74) is 3.09. The number of hydrogen-bond donors (Lipinski definition) is 1. The van der Waals surface area contributed by atoms with Crippen LogP contribution in [0.4, 0.5) is 0 Å². The first-order valence-corrected chi connectivity index (χ1v) is 9.71. The maximum Gasteiger partial charge on any atom is 0.291 e. The second kappa shape index (κ2) is 8.02. The highest BCUT2D eigenvalue weighted by atomic mass is 16.2. The highest BCUT2D eigenvalue weighted by Crippen LogP contribution is 2.12. The number of amides is 1. The molecule has 3 aromatic rings. The molecule has 0 bridgehead atoms. The monoisotopic (exact) mass is 379 g/mol. The number of aryl methyl sites for hydroxylation is 2. The van der Waals surface area contributed by atoms with E-state index in [4.69, 9.17) is 0 Å². The Hall–Kier alpha value is -2.87. The summed E-state index contributed by atoms with van der Waals surface area (Å²) in [6, 6.07) is 6.21. The fraction of sp³-hybridized carbons (Fsp3) is 0.450. The molecule has 0 saturated carbocycles. The number of nitrogens with one attached hydrogen (secondary N) is 1. The summed E-state index contributed by atoms with van der Waals surface area (Å²) >= 11 is 0. The third-order valence-electron chi connectivity index (χ3n) is 5.21. The number of piperidine rings is 1. The lowest BCUT2D eigenvalue weighted by Crippen LogP contribution is -2.45. The van der Waals surface area contributed by atoms with Crippen molar-refractivity contribution in [3.8, 4) is 0 Å². The van der Waals surface area contributed by atoms with Crippen LogP contribution in [-0.4, -0.2) is 61.0 Å². The SMILES string of the molecule is Cc1cc(C)n2nc(C(=O)NC3CCN(CCc4ccncc4)CC3)nc2n1. The minimum atomic E-state index is -0.224. The minimum absolute atomic E-state index is 0.159. The summed E-state index contributed by atoms with van der Waals surface area (Å²) in [6.45, 7) is 6.83. The lowest BCUT2D eigenvalue weighted by atomic mass is 10.0. The van der Waals surface area contributed by atoms with Crippen molar-refractivity contribution in [1.82, 2.24) is 34.8 Å². The molecule has 0 aliphatic carbocycles. The molecule has 0 atom stereocenters. The van der Waals surface area contributed by atoms with Gasteiger partial charge in [0.25, 0.3) is 11.7 Å². The lowest BCUT2D eigenvalue weighted by Gasteiger charge is -2.32. The van der Waals surface area contributed by atoms with Crippen molar-refractivity contribution in [3.05, 3.63) is 53.4 Å². The van der Waals surface area contributed by atoms with E-state index in [1.54, 1.807) is 4.52 Å². The van der Waals surface area contributed by atoms with Gasteiger partial charge in [-0.2, -0.15) is 4.98 Å². The van der Waals surface area contributed by atoms with Crippen LogP contribution in [0.25, 0.3) is 5.78 Å². The Morgan fingerprint density at radius 1 is 1.18 bits per heavy atom. The van der Waals surface area contributed by atoms with E-state index in [9.17, 15) is 4.79 Å². The van der Waals surface area contributed by atoms with Gasteiger partial charge in [0.05, 0.1) is 0 Å². The molecule has 0 aromatic carbocycles. The Labute approximate surface area is 164 Å². The molecule has 8 heteroatoms. The molecular weight excluding hydrogens is 354 g/mol. The standard InChI is InChI=1S/C20H25N7O/c1-14-13-15(2)27-20(22-14)24-18(25-27)19(28)23-17-6-11-26(12-7-17)10-5-16-3-8-21-9-4-16/h3-4,8-9,13,17H,5-7,10-12H2,1-2H3,(H,23,28). The van der Waals surface area contributed by atoms with Crippen LogP contribution in [0.2, 0.25) is 0 Å². The van der Waals surface area contributed by atoms with Crippen LogP contribution in [0.15, 0.2) is 30.6 Å². The van der Waals surface area contributed by atoms with E-state index in [0.29, 0.717) is 5.78 Å². The number of carbonyl (C=O) groups is 1. The molecule has 0 spiro atoms. The van der Waals surface area contributed by atoms with E-state index in [2.05, 4.69) is 42.4 Å². The number of likely N-dealkylation sites (tertiary alicyclic amines) is 1. The molecule has 28 heavy (non-hydrogen) atoms. The van der Waals surface area contributed by atoms with Gasteiger partial charge in [-0.3, -0.25) is 9.78 Å². The lowest BCUT2D eigenvalue weighted by molar-refractivity contribution is 0.0901. The summed E-state index contributed by atoms with van der Waals surface area (Å²) < 4.78 is 1.61. The number of aromatic nitrogens is 5. The summed E-state index contributed by atoms with van der Waals surface area (Å²) in [5, 5.41) is 7.40. The quantitative estimate of drug-likeness (QED) is 0.724. The van der Waals surface area contributed by atoms with Gasteiger partial charge in [0.15, 0.2) is 0 Å². The maximum absolute atomic E-state index is 12.6. The Morgan fingerprint density at radius 2 is 1.93 bits per heavy atom. The second-order valence-electron chi connectivity index (χ2n) is 7.38. The molecule has 1 amide bonds. The van der Waals surface area contributed by atoms with Gasteiger partial charge in [0.2, 0.25) is 5.82 Å². The number of pyridine rings is 1. The van der Waals surface area contributed by atoms with Gasteiger partial charge in [-0.05, 0) is 56.9 Å². The van der Waals surface area contributed by atoms with Crippen LogP contribution < -0.4 is 5.32 Å². The van der Waals surface area contributed by atoms with Gasteiger partial charge in [-0.25, -0.2) is 9.50 Å². The predicted octanol–water partition coefficient (Wildman–Crippen LogP) is 1.57. The van der Waals surface area contributed by atoms with E-state index in [0.717, 1.165) is 50.3 Å². The Bertz CT molecular complexity index is 961. The van der Waals surface area contributed by atoms with Crippen molar-refractivity contribution in [2.24, 2.45) is 0 Å². The molecule has 146 valence electrons. The van der Waals surface area contributed by atoms with E-state index in [-0.39, 0.29) is 17.8 Å². The van der Waals surface area contributed by atoms with Crippen molar-refractivity contribution in [2.75, 3.05) is 19.6 Å². The van der Waals surface area contributed by atoms with Crippen LogP contribution in [0.3, 0.4) is 0 Å². The zero-order chi connectivity index (χ0) is 19.5. The third kappa shape index (κ3) is 4.17. The largest absolute Gasteiger partial charge is 0.346 e. The fourth-order valence-corrected chi connectivity index (χ4v) is 3.65. The number of carbonyl (C=O) groups excluding carboxylic acids is 1. The molecule has 1 aliphatic rings. The van der Waals surface area contributed by atoms with Gasteiger partial charge in [0, 0.05) is 49.5 Å². The zero-order valence-corrected chi connectivity index (χ0v) is 16.3. The van der Waals surface area contributed by atoms with Crippen LogP contribution in [0, 0.1) is 13.8 Å². The Morgan fingerprint density at radius 3 is 2.68 bits per heavy atom. The van der Waals surface area contributed by atoms with Gasteiger partial charge >= 0.3 is 0 Å². The molecule has 1 N–H and O–H groups in total. The van der Waals surface area contributed by atoms with Crippen LogP contribution in [0.1, 0.15) is 40.4 Å². The fourth-order valence-electron chi connectivity index (χ4n) is 3.65. The van der Waals surface area contributed by atoms with Gasteiger partial charge < -0.3 is 10.2 Å². The molecule has 1 aliphatic heterocycles. The minimum Gasteiger partial charge on any atom is -0.346 e. The molecular formula is C20H25N7O. The Kier molecular flexibility index (Phi) is 5.29. The van der Waals surface area contributed by atoms with Crippen LogP contribution in [-0.2, 0) is 6.42 Å². The maximum atomic E-state index is 12.6. The first-order chi connectivity index (χ1) is 13.6. The van der Waals surface area contributed by atoms with Crippen molar-refractivity contribution in [1.29, 1.82) is 0 Å². The molecule has 1 fully saturated rings.